The van der Waals surface area contributed by atoms with Crippen molar-refractivity contribution in [2.45, 2.75) is 13.1 Å². The summed E-state index contributed by atoms with van der Waals surface area (Å²) in [6, 6.07) is 4.16. The minimum absolute atomic E-state index is 0.0413. The Labute approximate surface area is 107 Å². The van der Waals surface area contributed by atoms with E-state index in [2.05, 4.69) is 15.3 Å². The molecule has 0 fully saturated rings. The normalized spacial score (nSPS) is 12.2. The van der Waals surface area contributed by atoms with Crippen molar-refractivity contribution in [2.75, 3.05) is 11.9 Å². The SMILES string of the molecule is CC(CN)=NOC(=O)Nc1cccc(C(F)(F)F)c1. The van der Waals surface area contributed by atoms with Crippen molar-refractivity contribution in [1.29, 1.82) is 0 Å². The van der Waals surface area contributed by atoms with Gasteiger partial charge in [0.15, 0.2) is 0 Å². The maximum atomic E-state index is 12.4. The fourth-order valence-corrected chi connectivity index (χ4v) is 1.07. The van der Waals surface area contributed by atoms with Gasteiger partial charge in [-0.05, 0) is 25.1 Å². The van der Waals surface area contributed by atoms with E-state index in [1.807, 2.05) is 0 Å². The molecule has 3 N–H and O–H groups in total. The topological polar surface area (TPSA) is 76.7 Å². The number of halogens is 3. The fourth-order valence-electron chi connectivity index (χ4n) is 1.07. The average molecular weight is 275 g/mol. The molecular weight excluding hydrogens is 263 g/mol. The van der Waals surface area contributed by atoms with E-state index in [9.17, 15) is 18.0 Å². The van der Waals surface area contributed by atoms with Crippen LogP contribution in [0.2, 0.25) is 0 Å². The second-order valence-electron chi connectivity index (χ2n) is 3.61. The molecule has 0 heterocycles. The lowest BCUT2D eigenvalue weighted by molar-refractivity contribution is -0.137. The zero-order valence-corrected chi connectivity index (χ0v) is 9.99. The number of rotatable bonds is 3. The first kappa shape index (κ1) is 15.0. The van der Waals surface area contributed by atoms with Crippen molar-refractivity contribution < 1.29 is 22.8 Å². The first-order chi connectivity index (χ1) is 8.82. The highest BCUT2D eigenvalue weighted by Crippen LogP contribution is 2.30. The highest BCUT2D eigenvalue weighted by Gasteiger charge is 2.30. The van der Waals surface area contributed by atoms with Crippen LogP contribution in [0.15, 0.2) is 29.4 Å². The van der Waals surface area contributed by atoms with E-state index < -0.39 is 17.8 Å². The fraction of sp³-hybridized carbons (Fsp3) is 0.273. The Bertz CT molecular complexity index is 486. The van der Waals surface area contributed by atoms with Crippen LogP contribution in [0.4, 0.5) is 23.7 Å². The standard InChI is InChI=1S/C11H12F3N3O2/c1-7(6-15)17-19-10(18)16-9-4-2-3-8(5-9)11(12,13)14/h2-5H,6,15H2,1H3,(H,16,18). The lowest BCUT2D eigenvalue weighted by Crippen LogP contribution is -2.15. The van der Waals surface area contributed by atoms with Crippen LogP contribution in [0.25, 0.3) is 0 Å². The summed E-state index contributed by atoms with van der Waals surface area (Å²) in [4.78, 5) is 15.6. The number of amides is 1. The molecular formula is C11H12F3N3O2. The molecule has 1 aromatic rings. The zero-order valence-electron chi connectivity index (χ0n) is 9.99. The molecule has 0 aliphatic rings. The van der Waals surface area contributed by atoms with Gasteiger partial charge in [-0.2, -0.15) is 13.2 Å². The predicted octanol–water partition coefficient (Wildman–Crippen LogP) is 2.59. The predicted molar refractivity (Wildman–Crippen MR) is 63.7 cm³/mol. The maximum Gasteiger partial charge on any atom is 0.437 e. The van der Waals surface area contributed by atoms with Gasteiger partial charge in [0.2, 0.25) is 0 Å². The molecule has 0 spiro atoms. The zero-order chi connectivity index (χ0) is 14.5. The van der Waals surface area contributed by atoms with Crippen molar-refractivity contribution in [3.63, 3.8) is 0 Å². The maximum absolute atomic E-state index is 12.4. The molecule has 104 valence electrons. The summed E-state index contributed by atoms with van der Waals surface area (Å²) < 4.78 is 37.3. The van der Waals surface area contributed by atoms with E-state index in [1.165, 1.54) is 19.1 Å². The number of nitrogens with one attached hydrogen (secondary N) is 1. The number of anilines is 1. The molecule has 0 bridgehead atoms. The Morgan fingerprint density at radius 2 is 2.16 bits per heavy atom. The molecule has 19 heavy (non-hydrogen) atoms. The summed E-state index contributed by atoms with van der Waals surface area (Å²) in [5, 5.41) is 5.49. The first-order valence-electron chi connectivity index (χ1n) is 5.21. The molecule has 0 saturated heterocycles. The highest BCUT2D eigenvalue weighted by molar-refractivity contribution is 5.87. The quantitative estimate of drug-likeness (QED) is 0.505. The second-order valence-corrected chi connectivity index (χ2v) is 3.61. The number of benzene rings is 1. The second kappa shape index (κ2) is 6.19. The summed E-state index contributed by atoms with van der Waals surface area (Å²) in [5.41, 5.74) is 4.68. The van der Waals surface area contributed by atoms with Gasteiger partial charge in [0.05, 0.1) is 11.3 Å². The molecule has 1 aromatic carbocycles. The summed E-state index contributed by atoms with van der Waals surface area (Å²) >= 11 is 0. The summed E-state index contributed by atoms with van der Waals surface area (Å²) in [5.74, 6) is 0. The van der Waals surface area contributed by atoms with E-state index >= 15 is 0 Å². The number of carbonyl (C=O) groups is 1. The third-order valence-corrected chi connectivity index (χ3v) is 2.02. The minimum atomic E-state index is -4.48. The summed E-state index contributed by atoms with van der Waals surface area (Å²) in [6.07, 6.45) is -5.47. The van der Waals surface area contributed by atoms with Crippen LogP contribution in [0.3, 0.4) is 0 Å². The number of nitrogens with zero attached hydrogens (tertiary/aromatic N) is 1. The van der Waals surface area contributed by atoms with Gasteiger partial charge in [-0.15, -0.1) is 0 Å². The van der Waals surface area contributed by atoms with Gasteiger partial charge >= 0.3 is 12.3 Å². The molecule has 0 aliphatic heterocycles. The van der Waals surface area contributed by atoms with Crippen molar-refractivity contribution in [2.24, 2.45) is 10.9 Å². The third-order valence-electron chi connectivity index (χ3n) is 2.02. The largest absolute Gasteiger partial charge is 0.437 e. The Hall–Kier alpha value is -2.09. The number of carbonyl (C=O) groups excluding carboxylic acids is 1. The lowest BCUT2D eigenvalue weighted by atomic mass is 10.2. The van der Waals surface area contributed by atoms with Crippen LogP contribution in [0.5, 0.6) is 0 Å². The Kier molecular flexibility index (Phi) is 4.87. The number of nitrogens with two attached hydrogens (primary N) is 1. The van der Waals surface area contributed by atoms with Gasteiger partial charge in [0.25, 0.3) is 0 Å². The van der Waals surface area contributed by atoms with Gasteiger partial charge < -0.3 is 5.73 Å². The molecule has 5 nitrogen and oxygen atoms in total. The van der Waals surface area contributed by atoms with Crippen LogP contribution >= 0.6 is 0 Å². The molecule has 0 radical (unpaired) electrons. The van der Waals surface area contributed by atoms with E-state index in [-0.39, 0.29) is 12.2 Å². The van der Waals surface area contributed by atoms with Crippen molar-refractivity contribution in [3.05, 3.63) is 29.8 Å². The summed E-state index contributed by atoms with van der Waals surface area (Å²) in [7, 11) is 0. The number of hydrogen-bond acceptors (Lipinski definition) is 4. The highest BCUT2D eigenvalue weighted by atomic mass is 19.4. The van der Waals surface area contributed by atoms with E-state index in [1.54, 1.807) is 0 Å². The van der Waals surface area contributed by atoms with Crippen molar-refractivity contribution in [1.82, 2.24) is 0 Å². The first-order valence-corrected chi connectivity index (χ1v) is 5.21. The Morgan fingerprint density at radius 3 is 2.74 bits per heavy atom. The van der Waals surface area contributed by atoms with E-state index in [4.69, 9.17) is 5.73 Å². The molecule has 0 saturated carbocycles. The van der Waals surface area contributed by atoms with Crippen LogP contribution < -0.4 is 11.1 Å². The Morgan fingerprint density at radius 1 is 1.47 bits per heavy atom. The Balaban J connectivity index is 2.70. The van der Waals surface area contributed by atoms with Gasteiger partial charge in [-0.3, -0.25) is 10.2 Å². The third kappa shape index (κ3) is 4.96. The molecule has 0 atom stereocenters. The van der Waals surface area contributed by atoms with Gasteiger partial charge in [0.1, 0.15) is 0 Å². The molecule has 0 unspecified atom stereocenters. The van der Waals surface area contributed by atoms with Crippen LogP contribution in [-0.2, 0) is 11.0 Å². The minimum Gasteiger partial charge on any atom is -0.325 e. The number of alkyl halides is 3. The monoisotopic (exact) mass is 275 g/mol. The van der Waals surface area contributed by atoms with Crippen LogP contribution in [0.1, 0.15) is 12.5 Å². The average Bonchev–Trinajstić information content (AvgIpc) is 2.35. The van der Waals surface area contributed by atoms with Crippen molar-refractivity contribution >= 4 is 17.5 Å². The lowest BCUT2D eigenvalue weighted by Gasteiger charge is -2.08. The van der Waals surface area contributed by atoms with Gasteiger partial charge in [-0.1, -0.05) is 11.2 Å². The van der Waals surface area contributed by atoms with Crippen LogP contribution in [-0.4, -0.2) is 18.3 Å². The molecule has 1 amide bonds. The number of hydrogen-bond donors (Lipinski definition) is 2. The number of oxime groups is 1. The summed E-state index contributed by atoms with van der Waals surface area (Å²) in [6.45, 7) is 1.65. The smallest absolute Gasteiger partial charge is 0.325 e. The molecule has 1 rings (SSSR count). The molecule has 8 heteroatoms. The molecule has 0 aromatic heterocycles. The van der Waals surface area contributed by atoms with Crippen LogP contribution in [0, 0.1) is 0 Å². The van der Waals surface area contributed by atoms with Gasteiger partial charge in [0, 0.05) is 12.2 Å². The molecule has 0 aliphatic carbocycles. The van der Waals surface area contributed by atoms with E-state index in [0.717, 1.165) is 12.1 Å². The van der Waals surface area contributed by atoms with Gasteiger partial charge in [-0.25, -0.2) is 4.79 Å². The van der Waals surface area contributed by atoms with Crippen molar-refractivity contribution in [3.8, 4) is 0 Å². The van der Waals surface area contributed by atoms with E-state index in [0.29, 0.717) is 5.71 Å².